The van der Waals surface area contributed by atoms with Crippen LogP contribution in [0.5, 0.6) is 11.5 Å². The number of halogens is 4. The lowest BCUT2D eigenvalue weighted by molar-refractivity contribution is -0.137. The zero-order valence-corrected chi connectivity index (χ0v) is 17.4. The van der Waals surface area contributed by atoms with Gasteiger partial charge in [0.2, 0.25) is 0 Å². The summed E-state index contributed by atoms with van der Waals surface area (Å²) < 4.78 is 64.0. The molecule has 1 aliphatic rings. The second kappa shape index (κ2) is 8.53. The fourth-order valence-corrected chi connectivity index (χ4v) is 3.71. The second-order valence-electron chi connectivity index (χ2n) is 7.28. The monoisotopic (exact) mass is 444 g/mol. The van der Waals surface area contributed by atoms with E-state index in [1.54, 1.807) is 35.3 Å². The standard InChI is InChI=1S/C24H20F4N2O2/c1-31-22-11-8-16(12-23(22)32-2)20-14-21(15-6-9-18(25)10-7-15)30(29-20)19-5-3-4-17(13-19)24(26,27)28/h3-13,21H,14H2,1-2H3/t21-/m0/s1. The van der Waals surface area contributed by atoms with Crippen molar-refractivity contribution in [3.63, 3.8) is 0 Å². The summed E-state index contributed by atoms with van der Waals surface area (Å²) in [5.74, 6) is 0.682. The van der Waals surface area contributed by atoms with Crippen molar-refractivity contribution in [3.05, 3.63) is 89.2 Å². The topological polar surface area (TPSA) is 34.1 Å². The molecule has 0 aliphatic carbocycles. The van der Waals surface area contributed by atoms with Crippen molar-refractivity contribution in [2.24, 2.45) is 5.10 Å². The molecule has 0 saturated heterocycles. The Balaban J connectivity index is 1.78. The maximum atomic E-state index is 13.5. The quantitative estimate of drug-likeness (QED) is 0.439. The summed E-state index contributed by atoms with van der Waals surface area (Å²) in [5, 5.41) is 6.21. The normalized spacial score (nSPS) is 16.1. The molecule has 0 bridgehead atoms. The predicted molar refractivity (Wildman–Crippen MR) is 114 cm³/mol. The zero-order valence-electron chi connectivity index (χ0n) is 17.4. The number of nitrogens with zero attached hydrogens (tertiary/aromatic N) is 2. The SMILES string of the molecule is COc1ccc(C2=NN(c3cccc(C(F)(F)F)c3)[C@H](c3ccc(F)cc3)C2)cc1OC. The van der Waals surface area contributed by atoms with Gasteiger partial charge in [0, 0.05) is 12.0 Å². The fraction of sp³-hybridized carbons (Fsp3) is 0.208. The van der Waals surface area contributed by atoms with Crippen LogP contribution in [0.4, 0.5) is 23.2 Å². The van der Waals surface area contributed by atoms with Crippen molar-refractivity contribution < 1.29 is 27.0 Å². The first kappa shape index (κ1) is 21.7. The third kappa shape index (κ3) is 4.26. The van der Waals surface area contributed by atoms with Crippen LogP contribution in [-0.4, -0.2) is 19.9 Å². The van der Waals surface area contributed by atoms with E-state index in [0.717, 1.165) is 23.3 Å². The number of hydrazone groups is 1. The average molecular weight is 444 g/mol. The molecule has 32 heavy (non-hydrogen) atoms. The van der Waals surface area contributed by atoms with Crippen LogP contribution in [0.1, 0.15) is 29.2 Å². The first-order valence-electron chi connectivity index (χ1n) is 9.82. The minimum absolute atomic E-state index is 0.296. The van der Waals surface area contributed by atoms with Gasteiger partial charge in [0.05, 0.1) is 37.2 Å². The van der Waals surface area contributed by atoms with E-state index < -0.39 is 23.6 Å². The van der Waals surface area contributed by atoms with Crippen LogP contribution in [0.25, 0.3) is 0 Å². The molecule has 0 radical (unpaired) electrons. The first-order chi connectivity index (χ1) is 15.3. The van der Waals surface area contributed by atoms with Crippen molar-refractivity contribution in [3.8, 4) is 11.5 Å². The van der Waals surface area contributed by atoms with Crippen LogP contribution in [0.15, 0.2) is 71.8 Å². The van der Waals surface area contributed by atoms with Gasteiger partial charge < -0.3 is 9.47 Å². The Morgan fingerprint density at radius 1 is 0.906 bits per heavy atom. The minimum Gasteiger partial charge on any atom is -0.493 e. The molecule has 3 aromatic carbocycles. The number of methoxy groups -OCH3 is 2. The molecule has 0 saturated carbocycles. The van der Waals surface area contributed by atoms with Gasteiger partial charge in [0.15, 0.2) is 11.5 Å². The molecule has 0 amide bonds. The van der Waals surface area contributed by atoms with Crippen molar-refractivity contribution in [2.75, 3.05) is 19.2 Å². The van der Waals surface area contributed by atoms with Crippen molar-refractivity contribution in [1.29, 1.82) is 0 Å². The molecule has 4 nitrogen and oxygen atoms in total. The molecule has 1 aliphatic heterocycles. The first-order valence-corrected chi connectivity index (χ1v) is 9.82. The summed E-state index contributed by atoms with van der Waals surface area (Å²) in [6.07, 6.45) is -4.06. The molecule has 8 heteroatoms. The van der Waals surface area contributed by atoms with Gasteiger partial charge in [-0.05, 0) is 54.1 Å². The van der Waals surface area contributed by atoms with Crippen LogP contribution >= 0.6 is 0 Å². The highest BCUT2D eigenvalue weighted by Gasteiger charge is 2.34. The lowest BCUT2D eigenvalue weighted by Gasteiger charge is -2.24. The van der Waals surface area contributed by atoms with Gasteiger partial charge >= 0.3 is 6.18 Å². The molecular weight excluding hydrogens is 424 g/mol. The van der Waals surface area contributed by atoms with E-state index in [1.807, 2.05) is 6.07 Å². The number of rotatable bonds is 5. The Morgan fingerprint density at radius 3 is 2.28 bits per heavy atom. The van der Waals surface area contributed by atoms with Crippen LogP contribution in [0.3, 0.4) is 0 Å². The van der Waals surface area contributed by atoms with E-state index in [1.165, 1.54) is 32.4 Å². The highest BCUT2D eigenvalue weighted by atomic mass is 19.4. The Hall–Kier alpha value is -3.55. The molecule has 0 aromatic heterocycles. The molecule has 1 atom stereocenters. The van der Waals surface area contributed by atoms with E-state index in [-0.39, 0.29) is 0 Å². The molecule has 0 fully saturated rings. The number of alkyl halides is 3. The van der Waals surface area contributed by atoms with Gasteiger partial charge in [-0.25, -0.2) is 4.39 Å². The molecule has 0 N–H and O–H groups in total. The van der Waals surface area contributed by atoms with E-state index in [9.17, 15) is 17.6 Å². The Kier molecular flexibility index (Phi) is 5.78. The number of hydrogen-bond donors (Lipinski definition) is 0. The van der Waals surface area contributed by atoms with Gasteiger partial charge in [-0.15, -0.1) is 0 Å². The Morgan fingerprint density at radius 2 is 1.62 bits per heavy atom. The predicted octanol–water partition coefficient (Wildman–Crippen LogP) is 6.22. The van der Waals surface area contributed by atoms with Crippen LogP contribution < -0.4 is 14.5 Å². The van der Waals surface area contributed by atoms with Gasteiger partial charge in [0.1, 0.15) is 5.82 Å². The molecule has 3 aromatic rings. The maximum Gasteiger partial charge on any atom is 0.416 e. The maximum absolute atomic E-state index is 13.5. The van der Waals surface area contributed by atoms with Crippen molar-refractivity contribution >= 4 is 11.4 Å². The largest absolute Gasteiger partial charge is 0.493 e. The minimum atomic E-state index is -4.48. The van der Waals surface area contributed by atoms with Crippen LogP contribution in [0, 0.1) is 5.82 Å². The number of benzene rings is 3. The van der Waals surface area contributed by atoms with Gasteiger partial charge in [-0.2, -0.15) is 18.3 Å². The van der Waals surface area contributed by atoms with E-state index >= 15 is 0 Å². The molecule has 4 rings (SSSR count). The van der Waals surface area contributed by atoms with E-state index in [4.69, 9.17) is 9.47 Å². The molecular formula is C24H20F4N2O2. The fourth-order valence-electron chi connectivity index (χ4n) is 3.71. The van der Waals surface area contributed by atoms with E-state index in [2.05, 4.69) is 5.10 Å². The lowest BCUT2D eigenvalue weighted by Crippen LogP contribution is -2.19. The summed E-state index contributed by atoms with van der Waals surface area (Å²) in [7, 11) is 3.05. The van der Waals surface area contributed by atoms with Gasteiger partial charge in [-0.1, -0.05) is 18.2 Å². The Labute approximate surface area is 182 Å². The summed E-state index contributed by atoms with van der Waals surface area (Å²) in [6, 6.07) is 15.8. The van der Waals surface area contributed by atoms with Crippen LogP contribution in [-0.2, 0) is 6.18 Å². The van der Waals surface area contributed by atoms with Crippen molar-refractivity contribution in [1.82, 2.24) is 0 Å². The summed E-state index contributed by atoms with van der Waals surface area (Å²) in [5.41, 5.74) is 1.69. The lowest BCUT2D eigenvalue weighted by atomic mass is 9.98. The van der Waals surface area contributed by atoms with Crippen molar-refractivity contribution in [2.45, 2.75) is 18.6 Å². The zero-order chi connectivity index (χ0) is 22.9. The third-order valence-electron chi connectivity index (χ3n) is 5.32. The highest BCUT2D eigenvalue weighted by Crippen LogP contribution is 2.40. The summed E-state index contributed by atoms with van der Waals surface area (Å²) >= 11 is 0. The number of anilines is 1. The smallest absolute Gasteiger partial charge is 0.416 e. The van der Waals surface area contributed by atoms with Gasteiger partial charge in [0.25, 0.3) is 0 Å². The molecule has 0 unspecified atom stereocenters. The Bertz CT molecular complexity index is 1140. The van der Waals surface area contributed by atoms with Gasteiger partial charge in [-0.3, -0.25) is 5.01 Å². The number of ether oxygens (including phenoxy) is 2. The highest BCUT2D eigenvalue weighted by molar-refractivity contribution is 6.03. The van der Waals surface area contributed by atoms with Crippen LogP contribution in [0.2, 0.25) is 0 Å². The molecule has 0 spiro atoms. The molecule has 166 valence electrons. The summed E-state index contributed by atoms with van der Waals surface area (Å²) in [4.78, 5) is 0. The average Bonchev–Trinajstić information content (AvgIpc) is 3.24. The van der Waals surface area contributed by atoms with E-state index in [0.29, 0.717) is 29.3 Å². The summed E-state index contributed by atoms with van der Waals surface area (Å²) in [6.45, 7) is 0. The molecule has 1 heterocycles. The second-order valence-corrected chi connectivity index (χ2v) is 7.28. The number of hydrogen-bond acceptors (Lipinski definition) is 4. The third-order valence-corrected chi connectivity index (χ3v) is 5.32.